The molecule has 0 aliphatic rings. The Morgan fingerprint density at radius 2 is 1.65 bits per heavy atom. The number of halogens is 1. The molecule has 0 fully saturated rings. The molecule has 1 heterocycles. The quantitative estimate of drug-likeness (QED) is 0.859. The van der Waals surface area contributed by atoms with Gasteiger partial charge in [0.1, 0.15) is 0 Å². The molecule has 0 spiro atoms. The Kier molecular flexibility index (Phi) is 4.78. The number of aliphatic hydroxyl groups is 1. The number of nitrogens with zero attached hydrogens (tertiary/aromatic N) is 2. The molecule has 17 heavy (non-hydrogen) atoms. The molecule has 94 valence electrons. The van der Waals surface area contributed by atoms with Gasteiger partial charge in [-0.3, -0.25) is 5.41 Å². The van der Waals surface area contributed by atoms with Gasteiger partial charge in [-0.15, -0.1) is 12.4 Å². The van der Waals surface area contributed by atoms with Crippen LogP contribution >= 0.6 is 12.4 Å². The summed E-state index contributed by atoms with van der Waals surface area (Å²) >= 11 is 0. The lowest BCUT2D eigenvalue weighted by Crippen LogP contribution is -2.25. The van der Waals surface area contributed by atoms with Crippen LogP contribution in [0.2, 0.25) is 0 Å². The van der Waals surface area contributed by atoms with Crippen LogP contribution in [-0.2, 0) is 13.1 Å². The van der Waals surface area contributed by atoms with Gasteiger partial charge in [0.2, 0.25) is 5.62 Å². The molecule has 4 nitrogen and oxygen atoms in total. The molecule has 0 bridgehead atoms. The lowest BCUT2D eigenvalue weighted by atomic mass is 10.3. The minimum absolute atomic E-state index is 0. The zero-order chi connectivity index (χ0) is 11.5. The van der Waals surface area contributed by atoms with Crippen LogP contribution in [0.15, 0.2) is 24.3 Å². The summed E-state index contributed by atoms with van der Waals surface area (Å²) < 4.78 is 3.84. The standard InChI is InChI=1S/C12H17N3O.ClH/c1-2-7-14-10-5-3-4-6-11(10)15(8-9-16)12(14)13;/h3-6,13,16H,2,7-9H2,1H3;1H. The summed E-state index contributed by atoms with van der Waals surface area (Å²) in [5.41, 5.74) is 2.56. The number of rotatable bonds is 4. The van der Waals surface area contributed by atoms with E-state index in [1.807, 2.05) is 33.4 Å². The summed E-state index contributed by atoms with van der Waals surface area (Å²) in [5.74, 6) is 0. The molecular formula is C12H18ClN3O. The van der Waals surface area contributed by atoms with E-state index in [1.165, 1.54) is 0 Å². The van der Waals surface area contributed by atoms with Gasteiger partial charge >= 0.3 is 0 Å². The lowest BCUT2D eigenvalue weighted by Gasteiger charge is -2.01. The van der Waals surface area contributed by atoms with Crippen LogP contribution in [0.3, 0.4) is 0 Å². The number of aryl methyl sites for hydroxylation is 1. The van der Waals surface area contributed by atoms with Crippen LogP contribution < -0.4 is 5.62 Å². The Balaban J connectivity index is 0.00000144. The van der Waals surface area contributed by atoms with Crippen molar-refractivity contribution >= 4 is 23.4 Å². The van der Waals surface area contributed by atoms with E-state index in [-0.39, 0.29) is 19.0 Å². The van der Waals surface area contributed by atoms with Gasteiger partial charge < -0.3 is 14.2 Å². The summed E-state index contributed by atoms with van der Waals surface area (Å²) in [7, 11) is 0. The van der Waals surface area contributed by atoms with E-state index in [9.17, 15) is 0 Å². The maximum absolute atomic E-state index is 9.03. The molecule has 0 amide bonds. The summed E-state index contributed by atoms with van der Waals surface area (Å²) in [4.78, 5) is 0. The Hall–Kier alpha value is -1.26. The predicted molar refractivity (Wildman–Crippen MR) is 70.4 cm³/mol. The van der Waals surface area contributed by atoms with E-state index < -0.39 is 0 Å². The van der Waals surface area contributed by atoms with Crippen LogP contribution in [0.5, 0.6) is 0 Å². The third-order valence-electron chi connectivity index (χ3n) is 2.75. The van der Waals surface area contributed by atoms with Gasteiger partial charge in [0, 0.05) is 13.1 Å². The molecule has 0 radical (unpaired) electrons. The summed E-state index contributed by atoms with van der Waals surface area (Å²) in [6.45, 7) is 3.50. The number of aromatic nitrogens is 2. The van der Waals surface area contributed by atoms with Crippen LogP contribution in [0.25, 0.3) is 11.0 Å². The van der Waals surface area contributed by atoms with E-state index in [2.05, 4.69) is 6.92 Å². The maximum Gasteiger partial charge on any atom is 0.203 e. The highest BCUT2D eigenvalue weighted by Gasteiger charge is 2.08. The molecule has 0 aliphatic carbocycles. The molecule has 0 aliphatic heterocycles. The highest BCUT2D eigenvalue weighted by atomic mass is 35.5. The fraction of sp³-hybridized carbons (Fsp3) is 0.417. The van der Waals surface area contributed by atoms with Gasteiger partial charge in [-0.2, -0.15) is 0 Å². The van der Waals surface area contributed by atoms with E-state index in [4.69, 9.17) is 10.5 Å². The van der Waals surface area contributed by atoms with Crippen molar-refractivity contribution in [2.75, 3.05) is 6.61 Å². The number of hydrogen-bond donors (Lipinski definition) is 2. The first-order chi connectivity index (χ1) is 7.79. The SMILES string of the molecule is CCCn1c(=N)n(CCO)c2ccccc21.Cl. The molecule has 0 saturated carbocycles. The monoisotopic (exact) mass is 255 g/mol. The molecule has 5 heteroatoms. The number of hydrogen-bond acceptors (Lipinski definition) is 2. The third kappa shape index (κ3) is 2.37. The van der Waals surface area contributed by atoms with E-state index in [1.54, 1.807) is 0 Å². The number of benzene rings is 1. The number of nitrogens with one attached hydrogen (secondary N) is 1. The zero-order valence-electron chi connectivity index (χ0n) is 9.89. The largest absolute Gasteiger partial charge is 0.395 e. The van der Waals surface area contributed by atoms with E-state index >= 15 is 0 Å². The Morgan fingerprint density at radius 3 is 2.12 bits per heavy atom. The maximum atomic E-state index is 9.03. The second kappa shape index (κ2) is 5.89. The fourth-order valence-corrected chi connectivity index (χ4v) is 2.07. The number of imidazole rings is 1. The minimum atomic E-state index is 0. The molecule has 0 unspecified atom stereocenters. The number of aliphatic hydroxyl groups excluding tert-OH is 1. The average Bonchev–Trinajstić information content (AvgIpc) is 2.56. The van der Waals surface area contributed by atoms with Crippen molar-refractivity contribution in [2.24, 2.45) is 0 Å². The molecule has 2 aromatic rings. The summed E-state index contributed by atoms with van der Waals surface area (Å²) in [6.07, 6.45) is 1.00. The van der Waals surface area contributed by atoms with Gasteiger partial charge in [0.25, 0.3) is 0 Å². The van der Waals surface area contributed by atoms with Crippen molar-refractivity contribution in [1.82, 2.24) is 9.13 Å². The molecule has 2 rings (SSSR count). The molecule has 0 saturated heterocycles. The molecular weight excluding hydrogens is 238 g/mol. The van der Waals surface area contributed by atoms with Crippen molar-refractivity contribution in [1.29, 1.82) is 5.41 Å². The predicted octanol–water partition coefficient (Wildman–Crippen LogP) is 1.75. The first-order valence-corrected chi connectivity index (χ1v) is 5.63. The summed E-state index contributed by atoms with van der Waals surface area (Å²) in [6, 6.07) is 7.97. The average molecular weight is 256 g/mol. The highest BCUT2D eigenvalue weighted by Crippen LogP contribution is 2.12. The molecule has 1 aromatic heterocycles. The van der Waals surface area contributed by atoms with Crippen molar-refractivity contribution in [3.8, 4) is 0 Å². The Bertz CT molecular complexity index is 498. The number of fused-ring (bicyclic) bond motifs is 1. The fourth-order valence-electron chi connectivity index (χ4n) is 2.07. The Morgan fingerprint density at radius 1 is 1.12 bits per heavy atom. The van der Waals surface area contributed by atoms with Crippen LogP contribution in [0.1, 0.15) is 13.3 Å². The second-order valence-corrected chi connectivity index (χ2v) is 3.84. The smallest absolute Gasteiger partial charge is 0.203 e. The van der Waals surface area contributed by atoms with Crippen molar-refractivity contribution < 1.29 is 5.11 Å². The van der Waals surface area contributed by atoms with E-state index in [0.29, 0.717) is 12.2 Å². The van der Waals surface area contributed by atoms with Crippen LogP contribution in [0.4, 0.5) is 0 Å². The normalized spacial score (nSPS) is 10.5. The van der Waals surface area contributed by atoms with Gasteiger partial charge in [0.15, 0.2) is 0 Å². The van der Waals surface area contributed by atoms with Crippen LogP contribution in [-0.4, -0.2) is 20.8 Å². The van der Waals surface area contributed by atoms with Crippen LogP contribution in [0, 0.1) is 5.41 Å². The molecule has 0 atom stereocenters. The van der Waals surface area contributed by atoms with Gasteiger partial charge in [-0.05, 0) is 18.6 Å². The van der Waals surface area contributed by atoms with Gasteiger partial charge in [-0.1, -0.05) is 19.1 Å². The Labute approximate surface area is 106 Å². The van der Waals surface area contributed by atoms with Crippen molar-refractivity contribution in [3.05, 3.63) is 29.9 Å². The molecule has 2 N–H and O–H groups in total. The first-order valence-electron chi connectivity index (χ1n) is 5.63. The number of para-hydroxylation sites is 2. The van der Waals surface area contributed by atoms with Crippen molar-refractivity contribution in [3.63, 3.8) is 0 Å². The van der Waals surface area contributed by atoms with Gasteiger partial charge in [0.05, 0.1) is 17.6 Å². The van der Waals surface area contributed by atoms with Crippen molar-refractivity contribution in [2.45, 2.75) is 26.4 Å². The van der Waals surface area contributed by atoms with E-state index in [0.717, 1.165) is 24.0 Å². The lowest BCUT2D eigenvalue weighted by molar-refractivity contribution is 0.274. The van der Waals surface area contributed by atoms with Gasteiger partial charge in [-0.25, -0.2) is 0 Å². The minimum Gasteiger partial charge on any atom is -0.395 e. The third-order valence-corrected chi connectivity index (χ3v) is 2.75. The molecule has 1 aromatic carbocycles. The first kappa shape index (κ1) is 13.8. The second-order valence-electron chi connectivity index (χ2n) is 3.84. The topological polar surface area (TPSA) is 53.9 Å². The zero-order valence-corrected chi connectivity index (χ0v) is 10.7. The highest BCUT2D eigenvalue weighted by molar-refractivity contribution is 5.85. The summed E-state index contributed by atoms with van der Waals surface area (Å²) in [5, 5.41) is 17.1.